The smallest absolute Gasteiger partial charge is 0.149 e. The second kappa shape index (κ2) is 6.71. The van der Waals surface area contributed by atoms with E-state index in [0.29, 0.717) is 12.0 Å². The predicted molar refractivity (Wildman–Crippen MR) is 82.6 cm³/mol. The molecular formula is C16H25F2N3. The van der Waals surface area contributed by atoms with E-state index >= 15 is 0 Å². The lowest BCUT2D eigenvalue weighted by Gasteiger charge is -2.37. The Morgan fingerprint density at radius 1 is 1.38 bits per heavy atom. The van der Waals surface area contributed by atoms with Gasteiger partial charge in [0.1, 0.15) is 17.3 Å². The molecule has 1 aliphatic heterocycles. The molecule has 0 amide bonds. The number of nitrogens with zero attached hydrogens (tertiary/aromatic N) is 2. The number of anilines is 1. The van der Waals surface area contributed by atoms with E-state index in [2.05, 4.69) is 4.90 Å². The van der Waals surface area contributed by atoms with E-state index < -0.39 is 11.6 Å². The zero-order chi connectivity index (χ0) is 15.6. The first-order chi connectivity index (χ1) is 9.88. The van der Waals surface area contributed by atoms with Crippen molar-refractivity contribution in [2.75, 3.05) is 32.1 Å². The largest absolute Gasteiger partial charge is 0.366 e. The van der Waals surface area contributed by atoms with E-state index in [-0.39, 0.29) is 17.8 Å². The molecule has 118 valence electrons. The second-order valence-corrected chi connectivity index (χ2v) is 6.26. The Bertz CT molecular complexity index is 467. The third-order valence-corrected chi connectivity index (χ3v) is 4.13. The van der Waals surface area contributed by atoms with Gasteiger partial charge in [0.05, 0.1) is 0 Å². The minimum absolute atomic E-state index is 0.0729. The first-order valence-electron chi connectivity index (χ1n) is 7.53. The summed E-state index contributed by atoms with van der Waals surface area (Å²) >= 11 is 0. The summed E-state index contributed by atoms with van der Waals surface area (Å²) in [5.74, 6) is -0.997. The van der Waals surface area contributed by atoms with Crippen molar-refractivity contribution in [1.82, 2.24) is 4.90 Å². The fraction of sp³-hybridized carbons (Fsp3) is 0.625. The zero-order valence-corrected chi connectivity index (χ0v) is 13.1. The molecule has 2 rings (SSSR count). The molecule has 0 aliphatic carbocycles. The van der Waals surface area contributed by atoms with E-state index in [9.17, 15) is 8.78 Å². The third kappa shape index (κ3) is 3.92. The molecule has 1 aromatic carbocycles. The van der Waals surface area contributed by atoms with Gasteiger partial charge in [-0.2, -0.15) is 0 Å². The van der Waals surface area contributed by atoms with Crippen LogP contribution in [0.5, 0.6) is 0 Å². The molecule has 2 unspecified atom stereocenters. The van der Waals surface area contributed by atoms with Gasteiger partial charge in [-0.3, -0.25) is 0 Å². The number of hydrogen-bond acceptors (Lipinski definition) is 3. The minimum atomic E-state index is -0.499. The van der Waals surface area contributed by atoms with Crippen LogP contribution in [0, 0.1) is 11.6 Å². The molecule has 21 heavy (non-hydrogen) atoms. The normalized spacial score (nSPS) is 21.3. The van der Waals surface area contributed by atoms with Gasteiger partial charge < -0.3 is 15.5 Å². The zero-order valence-electron chi connectivity index (χ0n) is 13.1. The van der Waals surface area contributed by atoms with Gasteiger partial charge >= 0.3 is 0 Å². The molecule has 0 saturated carbocycles. The summed E-state index contributed by atoms with van der Waals surface area (Å²) in [7, 11) is 3.81. The van der Waals surface area contributed by atoms with Gasteiger partial charge in [0.2, 0.25) is 0 Å². The summed E-state index contributed by atoms with van der Waals surface area (Å²) in [6, 6.07) is 2.85. The molecular weight excluding hydrogens is 272 g/mol. The van der Waals surface area contributed by atoms with Crippen molar-refractivity contribution in [2.45, 2.75) is 38.3 Å². The molecule has 1 aromatic rings. The van der Waals surface area contributed by atoms with Crippen LogP contribution >= 0.6 is 0 Å². The van der Waals surface area contributed by atoms with Crippen LogP contribution in [0.4, 0.5) is 14.5 Å². The summed E-state index contributed by atoms with van der Waals surface area (Å²) < 4.78 is 28.7. The van der Waals surface area contributed by atoms with Gasteiger partial charge in [0.25, 0.3) is 0 Å². The molecule has 1 heterocycles. The Morgan fingerprint density at radius 2 is 2.00 bits per heavy atom. The Kier molecular flexibility index (Phi) is 5.17. The molecule has 0 bridgehead atoms. The Morgan fingerprint density at radius 3 is 2.52 bits per heavy atom. The van der Waals surface area contributed by atoms with Crippen molar-refractivity contribution < 1.29 is 8.78 Å². The maximum Gasteiger partial charge on any atom is 0.149 e. The van der Waals surface area contributed by atoms with E-state index in [1.807, 2.05) is 14.0 Å². The molecule has 5 heteroatoms. The highest BCUT2D eigenvalue weighted by Crippen LogP contribution is 2.28. The van der Waals surface area contributed by atoms with Crippen molar-refractivity contribution in [3.8, 4) is 0 Å². The first-order valence-corrected chi connectivity index (χ1v) is 7.53. The van der Waals surface area contributed by atoms with Gasteiger partial charge in [0.15, 0.2) is 0 Å². The molecule has 0 aromatic heterocycles. The monoisotopic (exact) mass is 297 g/mol. The number of benzene rings is 1. The Labute approximate surface area is 125 Å². The second-order valence-electron chi connectivity index (χ2n) is 6.26. The topological polar surface area (TPSA) is 32.5 Å². The molecule has 3 nitrogen and oxygen atoms in total. The van der Waals surface area contributed by atoms with E-state index in [1.165, 1.54) is 12.1 Å². The summed E-state index contributed by atoms with van der Waals surface area (Å²) in [4.78, 5) is 3.95. The molecule has 1 aliphatic rings. The lowest BCUT2D eigenvalue weighted by molar-refractivity contribution is 0.247. The van der Waals surface area contributed by atoms with E-state index in [1.54, 1.807) is 11.9 Å². The molecule has 0 spiro atoms. The average Bonchev–Trinajstić information content (AvgIpc) is 2.36. The highest BCUT2D eigenvalue weighted by Gasteiger charge is 2.25. The highest BCUT2D eigenvalue weighted by atomic mass is 19.1. The van der Waals surface area contributed by atoms with Gasteiger partial charge in [-0.15, -0.1) is 0 Å². The molecule has 1 saturated heterocycles. The van der Waals surface area contributed by atoms with Crippen LogP contribution in [0.1, 0.15) is 25.3 Å². The van der Waals surface area contributed by atoms with Crippen LogP contribution in [0.25, 0.3) is 0 Å². The Balaban J connectivity index is 2.22. The SMILES string of the molecule is CC(N)Cc1cc(F)c(N(C)C2CCCN(C)C2)c(F)c1. The summed E-state index contributed by atoms with van der Waals surface area (Å²) in [6.07, 6.45) is 2.49. The number of nitrogens with two attached hydrogens (primary N) is 1. The Hall–Kier alpha value is -1.20. The predicted octanol–water partition coefficient (Wildman–Crippen LogP) is 2.38. The molecule has 0 radical (unpaired) electrons. The maximum atomic E-state index is 14.3. The van der Waals surface area contributed by atoms with Crippen molar-refractivity contribution >= 4 is 5.69 Å². The minimum Gasteiger partial charge on any atom is -0.366 e. The first kappa shape index (κ1) is 16.2. The fourth-order valence-electron chi connectivity index (χ4n) is 3.08. The average molecular weight is 297 g/mol. The maximum absolute atomic E-state index is 14.3. The van der Waals surface area contributed by atoms with Crippen LogP contribution in [0.2, 0.25) is 0 Å². The van der Waals surface area contributed by atoms with Gasteiger partial charge in [-0.05, 0) is 57.5 Å². The highest BCUT2D eigenvalue weighted by molar-refractivity contribution is 5.51. The van der Waals surface area contributed by atoms with Gasteiger partial charge in [0, 0.05) is 25.7 Å². The van der Waals surface area contributed by atoms with Crippen molar-refractivity contribution in [3.05, 3.63) is 29.3 Å². The fourth-order valence-corrected chi connectivity index (χ4v) is 3.08. The van der Waals surface area contributed by atoms with Crippen LogP contribution in [-0.2, 0) is 6.42 Å². The summed E-state index contributed by atoms with van der Waals surface area (Å²) in [6.45, 7) is 3.70. The number of piperidine rings is 1. The van der Waals surface area contributed by atoms with Crippen molar-refractivity contribution in [3.63, 3.8) is 0 Å². The molecule has 1 fully saturated rings. The summed E-state index contributed by atoms with van der Waals surface area (Å²) in [5.41, 5.74) is 6.38. The lowest BCUT2D eigenvalue weighted by Crippen LogP contribution is -2.45. The number of likely N-dealkylation sites (tertiary alicyclic amines) is 1. The van der Waals surface area contributed by atoms with Crippen LogP contribution in [0.3, 0.4) is 0 Å². The van der Waals surface area contributed by atoms with Gasteiger partial charge in [-0.25, -0.2) is 8.78 Å². The third-order valence-electron chi connectivity index (χ3n) is 4.13. The van der Waals surface area contributed by atoms with Gasteiger partial charge in [-0.1, -0.05) is 0 Å². The van der Waals surface area contributed by atoms with Crippen molar-refractivity contribution in [2.24, 2.45) is 5.73 Å². The molecule has 2 N–H and O–H groups in total. The van der Waals surface area contributed by atoms with E-state index in [0.717, 1.165) is 25.9 Å². The van der Waals surface area contributed by atoms with Crippen LogP contribution < -0.4 is 10.6 Å². The van der Waals surface area contributed by atoms with Crippen LogP contribution in [0.15, 0.2) is 12.1 Å². The number of rotatable bonds is 4. The number of halogens is 2. The number of likely N-dealkylation sites (N-methyl/N-ethyl adjacent to an activating group) is 2. The number of hydrogen-bond donors (Lipinski definition) is 1. The van der Waals surface area contributed by atoms with Crippen LogP contribution in [-0.4, -0.2) is 44.2 Å². The lowest BCUT2D eigenvalue weighted by atomic mass is 10.0. The van der Waals surface area contributed by atoms with Crippen molar-refractivity contribution in [1.29, 1.82) is 0 Å². The standard InChI is InChI=1S/C16H25F2N3/c1-11(19)7-12-8-14(17)16(15(18)9-12)21(3)13-5-4-6-20(2)10-13/h8-9,11,13H,4-7,10,19H2,1-3H3. The quantitative estimate of drug-likeness (QED) is 0.926. The summed E-state index contributed by atoms with van der Waals surface area (Å²) in [5, 5.41) is 0. The molecule has 2 atom stereocenters. The van der Waals surface area contributed by atoms with E-state index in [4.69, 9.17) is 5.73 Å².